The Kier molecular flexibility index (Phi) is 10.4. The Labute approximate surface area is 77.7 Å². The van der Waals surface area contributed by atoms with Gasteiger partial charge in [-0.15, -0.1) is 0 Å². The predicted octanol–water partition coefficient (Wildman–Crippen LogP) is 3.02. The van der Waals surface area contributed by atoms with Crippen molar-refractivity contribution in [3.05, 3.63) is 0 Å². The van der Waals surface area contributed by atoms with Gasteiger partial charge >= 0.3 is 0 Å². The minimum absolute atomic E-state index is 0.935. The molecule has 0 aromatic carbocycles. The highest BCUT2D eigenvalue weighted by Crippen LogP contribution is 1.98. The second-order valence-corrected chi connectivity index (χ2v) is 3.44. The lowest BCUT2D eigenvalue weighted by Crippen LogP contribution is -1.95. The molecule has 0 aliphatic rings. The lowest BCUT2D eigenvalue weighted by atomic mass is 10.3. The Morgan fingerprint density at radius 3 is 2.50 bits per heavy atom. The number of ether oxygens (including phenoxy) is 1. The van der Waals surface area contributed by atoms with Crippen molar-refractivity contribution in [3.8, 4) is 0 Å². The Balaban J connectivity index is 2.65. The maximum Gasteiger partial charge on any atom is 0.0466 e. The lowest BCUT2D eigenvalue weighted by Gasteiger charge is -2.00. The van der Waals surface area contributed by atoms with Gasteiger partial charge in [-0.05, 0) is 23.7 Å². The fourth-order valence-electron chi connectivity index (χ4n) is 0.722. The van der Waals surface area contributed by atoms with E-state index in [1.165, 1.54) is 23.7 Å². The highest BCUT2D eigenvalue weighted by Gasteiger charge is 1.87. The van der Waals surface area contributed by atoms with Gasteiger partial charge < -0.3 is 4.74 Å². The van der Waals surface area contributed by atoms with Crippen LogP contribution in [0.15, 0.2) is 0 Å². The average Bonchev–Trinajstić information content (AvgIpc) is 1.97. The standard InChI is InChI=1S/C8H17IO/c1-2-7-10-8-5-3-4-6-9/h2-8H2,1H3. The van der Waals surface area contributed by atoms with Crippen LogP contribution in [0.5, 0.6) is 0 Å². The van der Waals surface area contributed by atoms with Crippen molar-refractivity contribution in [3.63, 3.8) is 0 Å². The quantitative estimate of drug-likeness (QED) is 0.386. The molecular weight excluding hydrogens is 239 g/mol. The number of hydrogen-bond donors (Lipinski definition) is 0. The van der Waals surface area contributed by atoms with E-state index in [1.54, 1.807) is 0 Å². The average molecular weight is 256 g/mol. The normalized spacial score (nSPS) is 10.2. The third-order valence-electron chi connectivity index (χ3n) is 1.27. The molecule has 2 heteroatoms. The SMILES string of the molecule is CCCOCCCCCI. The molecule has 0 unspecified atom stereocenters. The van der Waals surface area contributed by atoms with E-state index in [9.17, 15) is 0 Å². The van der Waals surface area contributed by atoms with E-state index in [0.717, 1.165) is 19.6 Å². The minimum Gasteiger partial charge on any atom is -0.381 e. The zero-order valence-electron chi connectivity index (χ0n) is 6.74. The summed E-state index contributed by atoms with van der Waals surface area (Å²) in [6.07, 6.45) is 5.05. The van der Waals surface area contributed by atoms with Crippen LogP contribution in [0.1, 0.15) is 32.6 Å². The van der Waals surface area contributed by atoms with Gasteiger partial charge in [-0.25, -0.2) is 0 Å². The van der Waals surface area contributed by atoms with Crippen molar-refractivity contribution in [1.82, 2.24) is 0 Å². The molecular formula is C8H17IO. The second kappa shape index (κ2) is 9.69. The predicted molar refractivity (Wildman–Crippen MR) is 53.8 cm³/mol. The topological polar surface area (TPSA) is 9.23 Å². The first-order valence-corrected chi connectivity index (χ1v) is 5.58. The number of unbranched alkanes of at least 4 members (excludes halogenated alkanes) is 2. The molecule has 0 fully saturated rings. The second-order valence-electron chi connectivity index (χ2n) is 2.36. The van der Waals surface area contributed by atoms with Gasteiger partial charge in [0.15, 0.2) is 0 Å². The van der Waals surface area contributed by atoms with Crippen molar-refractivity contribution in [2.45, 2.75) is 32.6 Å². The van der Waals surface area contributed by atoms with Gasteiger partial charge in [0.05, 0.1) is 0 Å². The summed E-state index contributed by atoms with van der Waals surface area (Å²) in [6.45, 7) is 4.04. The van der Waals surface area contributed by atoms with E-state index in [0.29, 0.717) is 0 Å². The van der Waals surface area contributed by atoms with Crippen LogP contribution in [-0.2, 0) is 4.74 Å². The van der Waals surface area contributed by atoms with Crippen LogP contribution in [0.25, 0.3) is 0 Å². The van der Waals surface area contributed by atoms with Crippen molar-refractivity contribution >= 4 is 22.6 Å². The molecule has 0 radical (unpaired) electrons. The first-order chi connectivity index (χ1) is 4.91. The minimum atomic E-state index is 0.935. The van der Waals surface area contributed by atoms with Gasteiger partial charge in [-0.1, -0.05) is 35.9 Å². The monoisotopic (exact) mass is 256 g/mol. The lowest BCUT2D eigenvalue weighted by molar-refractivity contribution is 0.131. The molecule has 1 nitrogen and oxygen atoms in total. The molecule has 0 aromatic rings. The van der Waals surface area contributed by atoms with Gasteiger partial charge in [0.2, 0.25) is 0 Å². The molecule has 0 bridgehead atoms. The number of halogens is 1. The van der Waals surface area contributed by atoms with Crippen molar-refractivity contribution in [2.75, 3.05) is 17.6 Å². The molecule has 0 rings (SSSR count). The van der Waals surface area contributed by atoms with Crippen LogP contribution in [0.2, 0.25) is 0 Å². The Bertz CT molecular complexity index is 49.2. The van der Waals surface area contributed by atoms with E-state index in [4.69, 9.17) is 4.74 Å². The van der Waals surface area contributed by atoms with Crippen molar-refractivity contribution in [1.29, 1.82) is 0 Å². The molecule has 0 spiro atoms. The summed E-state index contributed by atoms with van der Waals surface area (Å²) >= 11 is 2.42. The molecule has 0 aliphatic heterocycles. The highest BCUT2D eigenvalue weighted by atomic mass is 127. The van der Waals surface area contributed by atoms with E-state index < -0.39 is 0 Å². The summed E-state index contributed by atoms with van der Waals surface area (Å²) in [5.74, 6) is 0. The fourth-order valence-corrected chi connectivity index (χ4v) is 1.26. The summed E-state index contributed by atoms with van der Waals surface area (Å²) in [6, 6.07) is 0. The highest BCUT2D eigenvalue weighted by molar-refractivity contribution is 14.1. The number of rotatable bonds is 7. The van der Waals surface area contributed by atoms with Gasteiger partial charge in [-0.3, -0.25) is 0 Å². The zero-order chi connectivity index (χ0) is 7.66. The molecule has 0 atom stereocenters. The van der Waals surface area contributed by atoms with Gasteiger partial charge in [0, 0.05) is 13.2 Å². The van der Waals surface area contributed by atoms with Crippen LogP contribution >= 0.6 is 22.6 Å². The van der Waals surface area contributed by atoms with Crippen molar-refractivity contribution in [2.24, 2.45) is 0 Å². The molecule has 0 heterocycles. The van der Waals surface area contributed by atoms with Crippen LogP contribution in [0.3, 0.4) is 0 Å². The maximum atomic E-state index is 5.33. The Hall–Kier alpha value is 0.690. The van der Waals surface area contributed by atoms with Crippen LogP contribution in [0, 0.1) is 0 Å². The van der Waals surface area contributed by atoms with Crippen LogP contribution in [-0.4, -0.2) is 17.6 Å². The summed E-state index contributed by atoms with van der Waals surface area (Å²) in [7, 11) is 0. The molecule has 0 aliphatic carbocycles. The van der Waals surface area contributed by atoms with Crippen LogP contribution in [0.4, 0.5) is 0 Å². The van der Waals surface area contributed by atoms with Crippen molar-refractivity contribution < 1.29 is 4.74 Å². The van der Waals surface area contributed by atoms with E-state index in [-0.39, 0.29) is 0 Å². The summed E-state index contributed by atoms with van der Waals surface area (Å²) in [5, 5.41) is 0. The van der Waals surface area contributed by atoms with E-state index in [2.05, 4.69) is 29.5 Å². The summed E-state index contributed by atoms with van der Waals surface area (Å²) < 4.78 is 6.61. The summed E-state index contributed by atoms with van der Waals surface area (Å²) in [5.41, 5.74) is 0. The molecule has 62 valence electrons. The van der Waals surface area contributed by atoms with Gasteiger partial charge in [-0.2, -0.15) is 0 Å². The van der Waals surface area contributed by atoms with E-state index >= 15 is 0 Å². The third kappa shape index (κ3) is 8.69. The summed E-state index contributed by atoms with van der Waals surface area (Å²) in [4.78, 5) is 0. The molecule has 0 amide bonds. The fraction of sp³-hybridized carbons (Fsp3) is 1.00. The molecule has 10 heavy (non-hydrogen) atoms. The number of alkyl halides is 1. The van der Waals surface area contributed by atoms with Gasteiger partial charge in [0.1, 0.15) is 0 Å². The van der Waals surface area contributed by atoms with E-state index in [1.807, 2.05) is 0 Å². The Morgan fingerprint density at radius 1 is 1.10 bits per heavy atom. The maximum absolute atomic E-state index is 5.33. The Morgan fingerprint density at radius 2 is 1.90 bits per heavy atom. The largest absolute Gasteiger partial charge is 0.381 e. The molecule has 0 aromatic heterocycles. The van der Waals surface area contributed by atoms with Crippen LogP contribution < -0.4 is 0 Å². The third-order valence-corrected chi connectivity index (χ3v) is 2.03. The zero-order valence-corrected chi connectivity index (χ0v) is 8.89. The first kappa shape index (κ1) is 10.7. The molecule has 0 saturated carbocycles. The molecule has 0 N–H and O–H groups in total. The molecule has 0 saturated heterocycles. The smallest absolute Gasteiger partial charge is 0.0466 e. The first-order valence-electron chi connectivity index (χ1n) is 4.05. The van der Waals surface area contributed by atoms with Gasteiger partial charge in [0.25, 0.3) is 0 Å². The number of hydrogen-bond acceptors (Lipinski definition) is 1.